The fourth-order valence-electron chi connectivity index (χ4n) is 2.50. The molecule has 102 valence electrons. The van der Waals surface area contributed by atoms with Gasteiger partial charge in [-0.05, 0) is 31.2 Å². The highest BCUT2D eigenvalue weighted by molar-refractivity contribution is 7.89. The third kappa shape index (κ3) is 4.94. The molecule has 0 unspecified atom stereocenters. The molecule has 0 radical (unpaired) electrons. The fraction of sp³-hybridized carbons (Fsp3) is 1.00. The van der Waals surface area contributed by atoms with Crippen molar-refractivity contribution < 1.29 is 8.42 Å². The van der Waals surface area contributed by atoms with E-state index in [1.807, 2.05) is 6.92 Å². The van der Waals surface area contributed by atoms with E-state index in [0.717, 1.165) is 13.0 Å². The Hall–Kier alpha value is -0.130. The molecule has 17 heavy (non-hydrogen) atoms. The highest BCUT2D eigenvalue weighted by Crippen LogP contribution is 2.40. The average molecular weight is 262 g/mol. The molecular formula is C12H26N2O2S. The van der Waals surface area contributed by atoms with Crippen molar-refractivity contribution in [2.24, 2.45) is 5.41 Å². The molecule has 4 nitrogen and oxygen atoms in total. The van der Waals surface area contributed by atoms with E-state index < -0.39 is 10.0 Å². The van der Waals surface area contributed by atoms with Crippen LogP contribution in [0.4, 0.5) is 0 Å². The number of nitrogens with one attached hydrogen (secondary N) is 2. The van der Waals surface area contributed by atoms with E-state index in [1.54, 1.807) is 0 Å². The zero-order valence-corrected chi connectivity index (χ0v) is 11.9. The predicted molar refractivity (Wildman–Crippen MR) is 71.5 cm³/mol. The Morgan fingerprint density at radius 2 is 1.82 bits per heavy atom. The van der Waals surface area contributed by atoms with Crippen molar-refractivity contribution in [3.63, 3.8) is 0 Å². The largest absolute Gasteiger partial charge is 0.316 e. The van der Waals surface area contributed by atoms with Gasteiger partial charge in [0.2, 0.25) is 10.0 Å². The van der Waals surface area contributed by atoms with Crippen LogP contribution in [0.2, 0.25) is 0 Å². The molecule has 1 aliphatic rings. The molecule has 1 aliphatic carbocycles. The van der Waals surface area contributed by atoms with Crippen LogP contribution in [0.25, 0.3) is 0 Å². The summed E-state index contributed by atoms with van der Waals surface area (Å²) in [4.78, 5) is 0. The van der Waals surface area contributed by atoms with Crippen molar-refractivity contribution in [1.82, 2.24) is 10.0 Å². The molecule has 2 N–H and O–H groups in total. The maximum Gasteiger partial charge on any atom is 0.212 e. The van der Waals surface area contributed by atoms with Gasteiger partial charge in [-0.15, -0.1) is 0 Å². The van der Waals surface area contributed by atoms with Gasteiger partial charge in [0.25, 0.3) is 0 Å². The molecule has 0 aliphatic heterocycles. The van der Waals surface area contributed by atoms with Crippen LogP contribution in [0.3, 0.4) is 0 Å². The minimum absolute atomic E-state index is 0.181. The van der Waals surface area contributed by atoms with E-state index in [9.17, 15) is 8.42 Å². The van der Waals surface area contributed by atoms with Crippen molar-refractivity contribution in [2.45, 2.75) is 46.0 Å². The third-order valence-corrected chi connectivity index (χ3v) is 5.20. The molecule has 0 heterocycles. The predicted octanol–water partition coefficient (Wildman–Crippen LogP) is 1.49. The lowest BCUT2D eigenvalue weighted by Crippen LogP contribution is -2.38. The molecular weight excluding hydrogens is 236 g/mol. The van der Waals surface area contributed by atoms with Crippen LogP contribution < -0.4 is 10.0 Å². The molecule has 0 aromatic heterocycles. The van der Waals surface area contributed by atoms with Crippen molar-refractivity contribution in [1.29, 1.82) is 0 Å². The molecule has 0 aromatic rings. The first-order valence-electron chi connectivity index (χ1n) is 6.72. The van der Waals surface area contributed by atoms with Crippen LogP contribution in [0.5, 0.6) is 0 Å². The Morgan fingerprint density at radius 3 is 2.35 bits per heavy atom. The smallest absolute Gasteiger partial charge is 0.212 e. The first kappa shape index (κ1) is 14.9. The molecule has 0 saturated heterocycles. The monoisotopic (exact) mass is 262 g/mol. The van der Waals surface area contributed by atoms with Gasteiger partial charge >= 0.3 is 0 Å². The lowest BCUT2D eigenvalue weighted by molar-refractivity contribution is 0.285. The second-order valence-electron chi connectivity index (χ2n) is 5.05. The third-order valence-electron chi connectivity index (χ3n) is 3.88. The minimum Gasteiger partial charge on any atom is -0.316 e. The zero-order valence-electron chi connectivity index (χ0n) is 11.1. The molecule has 1 saturated carbocycles. The Morgan fingerprint density at radius 1 is 1.18 bits per heavy atom. The maximum absolute atomic E-state index is 11.8. The van der Waals surface area contributed by atoms with Gasteiger partial charge in [0.05, 0.1) is 5.75 Å². The van der Waals surface area contributed by atoms with Crippen molar-refractivity contribution in [3.8, 4) is 0 Å². The van der Waals surface area contributed by atoms with Gasteiger partial charge in [0, 0.05) is 13.1 Å². The highest BCUT2D eigenvalue weighted by Gasteiger charge is 2.32. The molecule has 0 atom stereocenters. The van der Waals surface area contributed by atoms with E-state index in [1.165, 1.54) is 25.7 Å². The highest BCUT2D eigenvalue weighted by atomic mass is 32.2. The van der Waals surface area contributed by atoms with Crippen LogP contribution in [0, 0.1) is 5.41 Å². The number of rotatable bonds is 8. The summed E-state index contributed by atoms with van der Waals surface area (Å²) in [5.74, 6) is 0.181. The summed E-state index contributed by atoms with van der Waals surface area (Å²) in [5, 5.41) is 3.04. The van der Waals surface area contributed by atoms with Gasteiger partial charge in [-0.3, -0.25) is 0 Å². The first-order chi connectivity index (χ1) is 8.04. The van der Waals surface area contributed by atoms with Crippen LogP contribution in [0.1, 0.15) is 46.0 Å². The van der Waals surface area contributed by atoms with Crippen LogP contribution in [-0.4, -0.2) is 33.8 Å². The Bertz CT molecular complexity index is 308. The standard InChI is InChI=1S/C12H26N2O2S/c1-3-12(7-5-6-8-12)11-14-17(15,16)10-9-13-4-2/h13-14H,3-11H2,1-2H3. The molecule has 1 rings (SSSR count). The Labute approximate surface area is 106 Å². The second kappa shape index (κ2) is 6.71. The fourth-order valence-corrected chi connectivity index (χ4v) is 3.58. The van der Waals surface area contributed by atoms with Crippen LogP contribution in [0.15, 0.2) is 0 Å². The van der Waals surface area contributed by atoms with E-state index in [0.29, 0.717) is 13.1 Å². The summed E-state index contributed by atoms with van der Waals surface area (Å²) >= 11 is 0. The molecule has 1 fully saturated rings. The summed E-state index contributed by atoms with van der Waals surface area (Å²) in [6, 6.07) is 0. The van der Waals surface area contributed by atoms with Gasteiger partial charge in [-0.1, -0.05) is 26.7 Å². The number of hydrogen-bond donors (Lipinski definition) is 2. The Balaban J connectivity index is 2.37. The Kier molecular flexibility index (Phi) is 5.89. The lowest BCUT2D eigenvalue weighted by atomic mass is 9.84. The summed E-state index contributed by atoms with van der Waals surface area (Å²) in [5.41, 5.74) is 0.227. The topological polar surface area (TPSA) is 58.2 Å². The number of hydrogen-bond acceptors (Lipinski definition) is 3. The van der Waals surface area contributed by atoms with E-state index >= 15 is 0 Å². The van der Waals surface area contributed by atoms with Crippen molar-refractivity contribution >= 4 is 10.0 Å². The van der Waals surface area contributed by atoms with Gasteiger partial charge in [0.1, 0.15) is 0 Å². The average Bonchev–Trinajstić information content (AvgIpc) is 2.76. The maximum atomic E-state index is 11.8. The summed E-state index contributed by atoms with van der Waals surface area (Å²) in [7, 11) is -3.10. The molecule has 0 aromatic carbocycles. The number of sulfonamides is 1. The minimum atomic E-state index is -3.10. The van der Waals surface area contributed by atoms with E-state index in [2.05, 4.69) is 17.0 Å². The van der Waals surface area contributed by atoms with Crippen LogP contribution in [-0.2, 0) is 10.0 Å². The summed E-state index contributed by atoms with van der Waals surface area (Å²) in [6.45, 7) is 6.11. The van der Waals surface area contributed by atoms with E-state index in [-0.39, 0.29) is 11.2 Å². The SMILES string of the molecule is CCNCCS(=O)(=O)NCC1(CC)CCCC1. The molecule has 0 amide bonds. The summed E-state index contributed by atoms with van der Waals surface area (Å²) in [6.07, 6.45) is 5.89. The molecule has 0 bridgehead atoms. The summed E-state index contributed by atoms with van der Waals surface area (Å²) < 4.78 is 26.3. The second-order valence-corrected chi connectivity index (χ2v) is 6.98. The van der Waals surface area contributed by atoms with Gasteiger partial charge in [-0.2, -0.15) is 0 Å². The molecule has 5 heteroatoms. The van der Waals surface area contributed by atoms with Gasteiger partial charge < -0.3 is 5.32 Å². The van der Waals surface area contributed by atoms with Crippen molar-refractivity contribution in [2.75, 3.05) is 25.4 Å². The quantitative estimate of drug-likeness (QED) is 0.652. The van der Waals surface area contributed by atoms with Crippen LogP contribution >= 0.6 is 0 Å². The van der Waals surface area contributed by atoms with Crippen molar-refractivity contribution in [3.05, 3.63) is 0 Å². The lowest BCUT2D eigenvalue weighted by Gasteiger charge is -2.27. The first-order valence-corrected chi connectivity index (χ1v) is 8.37. The van der Waals surface area contributed by atoms with Gasteiger partial charge in [-0.25, -0.2) is 13.1 Å². The van der Waals surface area contributed by atoms with E-state index in [4.69, 9.17) is 0 Å². The normalized spacial score (nSPS) is 19.6. The van der Waals surface area contributed by atoms with Gasteiger partial charge in [0.15, 0.2) is 0 Å². The zero-order chi connectivity index (χ0) is 12.8. The molecule has 0 spiro atoms.